The van der Waals surface area contributed by atoms with Crippen molar-refractivity contribution in [2.45, 2.75) is 25.4 Å². The lowest BCUT2D eigenvalue weighted by Crippen LogP contribution is -2.27. The van der Waals surface area contributed by atoms with Crippen LogP contribution in [0.3, 0.4) is 0 Å². The number of nitrogens with zero attached hydrogens (tertiary/aromatic N) is 3. The summed E-state index contributed by atoms with van der Waals surface area (Å²) in [4.78, 5) is 33.7. The largest absolute Gasteiger partial charge is 0.497 e. The van der Waals surface area contributed by atoms with Gasteiger partial charge in [-0.15, -0.1) is 11.3 Å². The number of methoxy groups -OCH3 is 1. The van der Waals surface area contributed by atoms with Gasteiger partial charge in [-0.05, 0) is 31.0 Å². The lowest BCUT2D eigenvalue weighted by atomic mass is 10.2. The normalized spacial score (nSPS) is 13.8. The smallest absolute Gasteiger partial charge is 0.409 e. The SMILES string of the molecule is CCc1sc2nc(SCCN3CCOC3=O)n(-c3cccc(OC)c3)c(=O)c2c1C. The molecule has 1 aliphatic rings. The van der Waals surface area contributed by atoms with Crippen molar-refractivity contribution in [3.63, 3.8) is 0 Å². The first-order valence-electron chi connectivity index (χ1n) is 9.77. The maximum atomic E-state index is 13.6. The Hall–Kier alpha value is -2.52. The second kappa shape index (κ2) is 8.69. The minimum atomic E-state index is -0.286. The van der Waals surface area contributed by atoms with Crippen molar-refractivity contribution >= 4 is 39.4 Å². The highest BCUT2D eigenvalue weighted by molar-refractivity contribution is 7.99. The average Bonchev–Trinajstić information content (AvgIpc) is 3.30. The molecule has 158 valence electrons. The third kappa shape index (κ3) is 3.79. The van der Waals surface area contributed by atoms with Crippen LogP contribution in [-0.4, -0.2) is 53.1 Å². The van der Waals surface area contributed by atoms with Crippen LogP contribution in [0.1, 0.15) is 17.4 Å². The fraction of sp³-hybridized carbons (Fsp3) is 0.381. The summed E-state index contributed by atoms with van der Waals surface area (Å²) in [6.07, 6.45) is 0.580. The molecule has 0 unspecified atom stereocenters. The molecule has 0 N–H and O–H groups in total. The number of rotatable bonds is 7. The molecule has 0 aliphatic carbocycles. The Bertz CT molecular complexity index is 1160. The number of carbonyl (C=O) groups excluding carboxylic acids is 1. The van der Waals surface area contributed by atoms with Crippen LogP contribution >= 0.6 is 23.1 Å². The number of carbonyl (C=O) groups is 1. The van der Waals surface area contributed by atoms with E-state index in [-0.39, 0.29) is 11.7 Å². The van der Waals surface area contributed by atoms with Gasteiger partial charge >= 0.3 is 6.09 Å². The molecule has 1 saturated heterocycles. The van der Waals surface area contributed by atoms with Crippen LogP contribution in [0, 0.1) is 6.92 Å². The second-order valence-corrected chi connectivity index (χ2v) is 9.02. The fourth-order valence-electron chi connectivity index (χ4n) is 3.50. The van der Waals surface area contributed by atoms with Crippen LogP contribution in [0.15, 0.2) is 34.2 Å². The molecule has 1 aromatic carbocycles. The average molecular weight is 446 g/mol. The van der Waals surface area contributed by atoms with E-state index >= 15 is 0 Å². The van der Waals surface area contributed by atoms with E-state index < -0.39 is 0 Å². The van der Waals surface area contributed by atoms with Gasteiger partial charge in [0, 0.05) is 23.2 Å². The van der Waals surface area contributed by atoms with E-state index in [9.17, 15) is 9.59 Å². The van der Waals surface area contributed by atoms with Gasteiger partial charge in [0.25, 0.3) is 5.56 Å². The van der Waals surface area contributed by atoms with Gasteiger partial charge in [0.15, 0.2) is 5.16 Å². The monoisotopic (exact) mass is 445 g/mol. The number of thioether (sulfide) groups is 1. The highest BCUT2D eigenvalue weighted by Gasteiger charge is 2.23. The fourth-order valence-corrected chi connectivity index (χ4v) is 5.63. The number of hydrogen-bond donors (Lipinski definition) is 0. The Morgan fingerprint density at radius 1 is 1.33 bits per heavy atom. The molecule has 2 aromatic heterocycles. The number of ether oxygens (including phenoxy) is 2. The Balaban J connectivity index is 1.78. The van der Waals surface area contributed by atoms with E-state index in [0.29, 0.717) is 47.4 Å². The third-order valence-electron chi connectivity index (χ3n) is 5.10. The van der Waals surface area contributed by atoms with Gasteiger partial charge in [-0.25, -0.2) is 9.78 Å². The number of amides is 1. The van der Waals surface area contributed by atoms with Crippen LogP contribution in [-0.2, 0) is 11.2 Å². The molecule has 3 aromatic rings. The topological polar surface area (TPSA) is 73.7 Å². The summed E-state index contributed by atoms with van der Waals surface area (Å²) in [6, 6.07) is 7.41. The second-order valence-electron chi connectivity index (χ2n) is 6.87. The Morgan fingerprint density at radius 2 is 2.17 bits per heavy atom. The summed E-state index contributed by atoms with van der Waals surface area (Å²) in [6.45, 7) is 5.64. The molecule has 1 aliphatic heterocycles. The Labute approximate surface area is 182 Å². The number of cyclic esters (lactones) is 1. The maximum absolute atomic E-state index is 13.6. The van der Waals surface area contributed by atoms with Crippen molar-refractivity contribution < 1.29 is 14.3 Å². The molecule has 7 nitrogen and oxygen atoms in total. The number of fused-ring (bicyclic) bond motifs is 1. The molecule has 0 saturated carbocycles. The summed E-state index contributed by atoms with van der Waals surface area (Å²) in [5.74, 6) is 1.29. The molecule has 0 spiro atoms. The summed E-state index contributed by atoms with van der Waals surface area (Å²) in [5, 5.41) is 1.28. The third-order valence-corrected chi connectivity index (χ3v) is 7.35. The number of benzene rings is 1. The van der Waals surface area contributed by atoms with Gasteiger partial charge < -0.3 is 14.4 Å². The van der Waals surface area contributed by atoms with Crippen molar-refractivity contribution in [1.82, 2.24) is 14.5 Å². The van der Waals surface area contributed by atoms with E-state index in [1.54, 1.807) is 27.9 Å². The van der Waals surface area contributed by atoms with Crippen LogP contribution in [0.25, 0.3) is 15.9 Å². The first-order chi connectivity index (χ1) is 14.5. The number of aromatic nitrogens is 2. The molecule has 30 heavy (non-hydrogen) atoms. The van der Waals surface area contributed by atoms with Crippen molar-refractivity contribution in [3.8, 4) is 11.4 Å². The molecule has 0 radical (unpaired) electrons. The van der Waals surface area contributed by atoms with Gasteiger partial charge in [-0.3, -0.25) is 9.36 Å². The van der Waals surface area contributed by atoms with Gasteiger partial charge in [-0.1, -0.05) is 24.8 Å². The Morgan fingerprint density at radius 3 is 2.87 bits per heavy atom. The number of thiophene rings is 1. The lowest BCUT2D eigenvalue weighted by molar-refractivity contribution is 0.160. The molecule has 3 heterocycles. The van der Waals surface area contributed by atoms with E-state index in [4.69, 9.17) is 14.5 Å². The van der Waals surface area contributed by atoms with Crippen molar-refractivity contribution in [1.29, 1.82) is 0 Å². The van der Waals surface area contributed by atoms with Gasteiger partial charge in [0.2, 0.25) is 0 Å². The maximum Gasteiger partial charge on any atom is 0.409 e. The number of hydrogen-bond acceptors (Lipinski definition) is 7. The highest BCUT2D eigenvalue weighted by atomic mass is 32.2. The van der Waals surface area contributed by atoms with E-state index in [1.165, 1.54) is 16.6 Å². The molecule has 9 heteroatoms. The van der Waals surface area contributed by atoms with Crippen LogP contribution in [0.2, 0.25) is 0 Å². The number of aryl methyl sites for hydroxylation is 2. The minimum absolute atomic E-state index is 0.0789. The van der Waals surface area contributed by atoms with Gasteiger partial charge in [0.1, 0.15) is 17.2 Å². The molecule has 1 amide bonds. The highest BCUT2D eigenvalue weighted by Crippen LogP contribution is 2.31. The van der Waals surface area contributed by atoms with Crippen molar-refractivity contribution in [3.05, 3.63) is 45.1 Å². The molecule has 1 fully saturated rings. The van der Waals surface area contributed by atoms with E-state index in [1.807, 2.05) is 31.2 Å². The van der Waals surface area contributed by atoms with Crippen molar-refractivity contribution in [2.24, 2.45) is 0 Å². The summed E-state index contributed by atoms with van der Waals surface area (Å²) in [7, 11) is 1.60. The molecule has 0 atom stereocenters. The van der Waals surface area contributed by atoms with Crippen LogP contribution in [0.5, 0.6) is 5.75 Å². The molecule has 4 rings (SSSR count). The van der Waals surface area contributed by atoms with Crippen LogP contribution < -0.4 is 10.3 Å². The zero-order chi connectivity index (χ0) is 21.3. The zero-order valence-corrected chi connectivity index (χ0v) is 18.8. The predicted molar refractivity (Wildman–Crippen MR) is 120 cm³/mol. The first kappa shape index (κ1) is 20.7. The Kier molecular flexibility index (Phi) is 6.01. The van der Waals surface area contributed by atoms with Crippen LogP contribution in [0.4, 0.5) is 4.79 Å². The van der Waals surface area contributed by atoms with Gasteiger partial charge in [0.05, 0.1) is 24.7 Å². The molecular formula is C21H23N3O4S2. The molecular weight excluding hydrogens is 422 g/mol. The van der Waals surface area contributed by atoms with Gasteiger partial charge in [-0.2, -0.15) is 0 Å². The quantitative estimate of drug-likeness (QED) is 0.406. The van der Waals surface area contributed by atoms with E-state index in [0.717, 1.165) is 16.8 Å². The molecule has 0 bridgehead atoms. The minimum Gasteiger partial charge on any atom is -0.497 e. The lowest BCUT2D eigenvalue weighted by Gasteiger charge is -2.15. The summed E-state index contributed by atoms with van der Waals surface area (Å²) < 4.78 is 12.0. The first-order valence-corrected chi connectivity index (χ1v) is 11.6. The van der Waals surface area contributed by atoms with E-state index in [2.05, 4.69) is 6.92 Å². The standard InChI is InChI=1S/C21H23N3O4S2/c1-4-16-13(2)17-18(30-16)22-20(29-11-9-23-8-10-28-21(23)26)24(19(17)25)14-6-5-7-15(12-14)27-3/h5-7,12H,4,8-11H2,1-3H3. The zero-order valence-electron chi connectivity index (χ0n) is 17.1. The summed E-state index contributed by atoms with van der Waals surface area (Å²) in [5.41, 5.74) is 1.63. The predicted octanol–water partition coefficient (Wildman–Crippen LogP) is 3.87. The summed E-state index contributed by atoms with van der Waals surface area (Å²) >= 11 is 3.04. The van der Waals surface area contributed by atoms with Crippen molar-refractivity contribution in [2.75, 3.05) is 32.6 Å².